The van der Waals surface area contributed by atoms with E-state index in [0.29, 0.717) is 23.3 Å². The van der Waals surface area contributed by atoms with Crippen LogP contribution < -0.4 is 0 Å². The maximum atomic E-state index is 13.9. The van der Waals surface area contributed by atoms with Crippen molar-refractivity contribution < 1.29 is 19.4 Å². The van der Waals surface area contributed by atoms with Gasteiger partial charge in [0.25, 0.3) is 0 Å². The third-order valence-electron chi connectivity index (χ3n) is 8.56. The first-order chi connectivity index (χ1) is 15.9. The van der Waals surface area contributed by atoms with Crippen molar-refractivity contribution in [3.8, 4) is 0 Å². The highest BCUT2D eigenvalue weighted by Gasteiger charge is 2.52. The highest BCUT2D eigenvalue weighted by atomic mass is 19.1. The van der Waals surface area contributed by atoms with Crippen LogP contribution in [0.1, 0.15) is 78.4 Å². The maximum Gasteiger partial charge on any atom is 0.162 e. The first-order valence-corrected chi connectivity index (χ1v) is 12.2. The van der Waals surface area contributed by atoms with Crippen LogP contribution in [0.25, 0.3) is 5.57 Å². The Balaban J connectivity index is 1.35. The number of hydrogen-bond donors (Lipinski definition) is 2. The molecule has 0 saturated heterocycles. The zero-order valence-electron chi connectivity index (χ0n) is 19.1. The van der Waals surface area contributed by atoms with E-state index in [-0.39, 0.29) is 36.5 Å². The number of ketones is 1. The van der Waals surface area contributed by atoms with E-state index in [1.54, 1.807) is 12.3 Å². The molecule has 0 bridgehead atoms. The van der Waals surface area contributed by atoms with E-state index in [0.717, 1.165) is 37.7 Å². The van der Waals surface area contributed by atoms with Gasteiger partial charge in [-0.2, -0.15) is 0 Å². The van der Waals surface area contributed by atoms with Gasteiger partial charge in [0.15, 0.2) is 5.78 Å². The first-order valence-electron chi connectivity index (χ1n) is 12.2. The van der Waals surface area contributed by atoms with Gasteiger partial charge in [0.05, 0.1) is 18.9 Å². The smallest absolute Gasteiger partial charge is 0.162 e. The summed E-state index contributed by atoms with van der Waals surface area (Å²) in [6.07, 6.45) is 10.4. The summed E-state index contributed by atoms with van der Waals surface area (Å²) < 4.78 is 13.9. The van der Waals surface area contributed by atoms with Crippen LogP contribution in [0.5, 0.6) is 0 Å². The Morgan fingerprint density at radius 3 is 2.91 bits per heavy atom. The summed E-state index contributed by atoms with van der Waals surface area (Å²) in [5.41, 5.74) is 5.62. The molecule has 0 aliphatic heterocycles. The number of allylic oxidation sites excluding steroid dienone is 2. The van der Waals surface area contributed by atoms with E-state index in [1.807, 2.05) is 6.07 Å². The third kappa shape index (κ3) is 3.95. The molecular weight excluding hydrogens is 417 g/mol. The van der Waals surface area contributed by atoms with Crippen LogP contribution in [-0.4, -0.2) is 33.7 Å². The minimum absolute atomic E-state index is 0.0250. The molecule has 0 unspecified atom stereocenters. The molecule has 0 spiro atoms. The van der Waals surface area contributed by atoms with Gasteiger partial charge >= 0.3 is 0 Å². The number of aryl methyl sites for hydroxylation is 1. The van der Waals surface area contributed by atoms with Crippen molar-refractivity contribution in [2.24, 2.45) is 17.3 Å². The van der Waals surface area contributed by atoms with E-state index < -0.39 is 6.10 Å². The van der Waals surface area contributed by atoms with Crippen molar-refractivity contribution in [1.82, 2.24) is 4.98 Å². The molecular formula is C28H32FNO3. The van der Waals surface area contributed by atoms with Crippen molar-refractivity contribution in [3.05, 3.63) is 70.8 Å². The molecule has 2 N–H and O–H groups in total. The summed E-state index contributed by atoms with van der Waals surface area (Å²) in [6, 6.07) is 7.78. The highest BCUT2D eigenvalue weighted by molar-refractivity contribution is 5.96. The minimum atomic E-state index is -0.836. The highest BCUT2D eigenvalue weighted by Crippen LogP contribution is 2.63. The second kappa shape index (κ2) is 8.77. The van der Waals surface area contributed by atoms with Crippen LogP contribution in [0, 0.1) is 23.1 Å². The van der Waals surface area contributed by atoms with Gasteiger partial charge in [-0.05, 0) is 96.1 Å². The number of benzene rings is 1. The molecule has 3 aliphatic rings. The van der Waals surface area contributed by atoms with Gasteiger partial charge in [0, 0.05) is 18.2 Å². The topological polar surface area (TPSA) is 70.4 Å². The van der Waals surface area contributed by atoms with E-state index in [2.05, 4.69) is 30.1 Å². The number of pyridine rings is 1. The zero-order valence-corrected chi connectivity index (χ0v) is 19.1. The number of Topliss-reactive ketones (excluding diaryl/α,β-unsaturated/α-hetero) is 1. The lowest BCUT2D eigenvalue weighted by Gasteiger charge is -2.50. The Bertz CT molecular complexity index is 1100. The maximum absolute atomic E-state index is 13.9. The van der Waals surface area contributed by atoms with E-state index >= 15 is 0 Å². The van der Waals surface area contributed by atoms with Crippen molar-refractivity contribution in [2.75, 3.05) is 6.61 Å². The van der Waals surface area contributed by atoms with Gasteiger partial charge in [0.2, 0.25) is 0 Å². The second-order valence-electron chi connectivity index (χ2n) is 10.3. The number of hydrogen-bond acceptors (Lipinski definition) is 4. The summed E-state index contributed by atoms with van der Waals surface area (Å²) >= 11 is 0. The molecule has 1 aromatic heterocycles. The average molecular weight is 450 g/mol. The van der Waals surface area contributed by atoms with Crippen LogP contribution in [-0.2, 0) is 6.42 Å². The number of aromatic nitrogens is 1. The lowest BCUT2D eigenvalue weighted by molar-refractivity contribution is 0.0779. The second-order valence-corrected chi connectivity index (χ2v) is 10.3. The van der Waals surface area contributed by atoms with Gasteiger partial charge in [-0.15, -0.1) is 0 Å². The molecule has 4 nitrogen and oxygen atoms in total. The van der Waals surface area contributed by atoms with Gasteiger partial charge in [-0.25, -0.2) is 4.39 Å². The molecule has 33 heavy (non-hydrogen) atoms. The van der Waals surface area contributed by atoms with Crippen molar-refractivity contribution in [2.45, 2.75) is 63.9 Å². The van der Waals surface area contributed by atoms with E-state index in [1.165, 1.54) is 22.9 Å². The predicted octanol–water partition coefficient (Wildman–Crippen LogP) is 5.09. The Kier molecular flexibility index (Phi) is 5.96. The first kappa shape index (κ1) is 22.4. The number of halogens is 1. The molecule has 5 rings (SSSR count). The molecule has 1 heterocycles. The Hall–Kier alpha value is -2.37. The fourth-order valence-corrected chi connectivity index (χ4v) is 6.86. The normalized spacial score (nSPS) is 29.0. The summed E-state index contributed by atoms with van der Waals surface area (Å²) in [5, 5.41) is 18.5. The average Bonchev–Trinajstić information content (AvgIpc) is 3.19. The lowest BCUT2D eigenvalue weighted by Crippen LogP contribution is -2.41. The number of nitrogens with zero attached hydrogens (tertiary/aromatic N) is 1. The number of fused-ring (bicyclic) bond motifs is 5. The molecule has 174 valence electrons. The molecule has 0 radical (unpaired) electrons. The molecule has 2 aromatic rings. The van der Waals surface area contributed by atoms with Crippen molar-refractivity contribution in [3.63, 3.8) is 0 Å². The van der Waals surface area contributed by atoms with Gasteiger partial charge in [-0.3, -0.25) is 9.78 Å². The fourth-order valence-electron chi connectivity index (χ4n) is 6.86. The van der Waals surface area contributed by atoms with Crippen LogP contribution in [0.2, 0.25) is 0 Å². The summed E-state index contributed by atoms with van der Waals surface area (Å²) in [6.45, 7) is 2.04. The standard InChI is InChI=1S/C28H32FNO3/c1-28-11-10-23-22-5-3-18(27(33)9-4-21(32)16-31)12-17(22)2-6-24(23)26(28)8-7-25(28)19-13-20(29)15-30-14-19/h3,5,7,12-15,21,23-24,26,31-32H,2,4,6,8-11,16H2,1H3/t21-,23+,24+,26-,28+/m0/s1. The zero-order chi connectivity index (χ0) is 23.2. The minimum Gasteiger partial charge on any atom is -0.394 e. The molecule has 5 heteroatoms. The van der Waals surface area contributed by atoms with Crippen molar-refractivity contribution in [1.29, 1.82) is 0 Å². The largest absolute Gasteiger partial charge is 0.394 e. The molecule has 1 saturated carbocycles. The third-order valence-corrected chi connectivity index (χ3v) is 8.56. The van der Waals surface area contributed by atoms with Crippen LogP contribution in [0.4, 0.5) is 4.39 Å². The number of carbonyl (C=O) groups is 1. The van der Waals surface area contributed by atoms with E-state index in [4.69, 9.17) is 5.11 Å². The van der Waals surface area contributed by atoms with Crippen LogP contribution >= 0.6 is 0 Å². The Morgan fingerprint density at radius 2 is 2.12 bits per heavy atom. The number of carbonyl (C=O) groups excluding carboxylic acids is 1. The summed E-state index contributed by atoms with van der Waals surface area (Å²) in [7, 11) is 0. The molecule has 1 aromatic carbocycles. The molecule has 1 fully saturated rings. The molecule has 3 aliphatic carbocycles. The Labute approximate surface area is 194 Å². The molecule has 5 atom stereocenters. The monoisotopic (exact) mass is 449 g/mol. The summed E-state index contributed by atoms with van der Waals surface area (Å²) in [4.78, 5) is 16.7. The van der Waals surface area contributed by atoms with Crippen LogP contribution in [0.3, 0.4) is 0 Å². The van der Waals surface area contributed by atoms with Gasteiger partial charge < -0.3 is 10.2 Å². The Morgan fingerprint density at radius 1 is 1.27 bits per heavy atom. The quantitative estimate of drug-likeness (QED) is 0.603. The lowest BCUT2D eigenvalue weighted by atomic mass is 9.54. The van der Waals surface area contributed by atoms with Crippen LogP contribution in [0.15, 0.2) is 42.7 Å². The number of aliphatic hydroxyl groups is 2. The number of rotatable bonds is 6. The number of aliphatic hydroxyl groups excluding tert-OH is 2. The summed E-state index contributed by atoms with van der Waals surface area (Å²) in [5.74, 6) is 1.39. The van der Waals surface area contributed by atoms with Crippen molar-refractivity contribution >= 4 is 11.4 Å². The van der Waals surface area contributed by atoms with E-state index in [9.17, 15) is 14.3 Å². The fraction of sp³-hybridized carbons (Fsp3) is 0.500. The predicted molar refractivity (Wildman–Crippen MR) is 125 cm³/mol. The van der Waals surface area contributed by atoms with Gasteiger partial charge in [-0.1, -0.05) is 25.1 Å². The van der Waals surface area contributed by atoms with Gasteiger partial charge in [0.1, 0.15) is 5.82 Å². The molecule has 0 amide bonds. The SMILES string of the molecule is C[C@]12CC[C@@H]3c4ccc(C(=O)CC[C@H](O)CO)cc4CC[C@H]3[C@@H]1CC=C2c1cncc(F)c1.